The van der Waals surface area contributed by atoms with E-state index in [2.05, 4.69) is 38.2 Å². The van der Waals surface area contributed by atoms with Crippen LogP contribution in [0, 0.1) is 0 Å². The van der Waals surface area contributed by atoms with E-state index >= 15 is 0 Å². The van der Waals surface area contributed by atoms with Gasteiger partial charge in [0.25, 0.3) is 6.29 Å². The second-order valence-corrected chi connectivity index (χ2v) is 24.5. The number of unbranched alkanes of at least 4 members (excludes halogenated alkanes) is 45. The number of esters is 2. The maximum absolute atomic E-state index is 12.9. The van der Waals surface area contributed by atoms with Gasteiger partial charge in [0, 0.05) is 12.8 Å². The predicted molar refractivity (Wildman–Crippen MR) is 332 cm³/mol. The summed E-state index contributed by atoms with van der Waals surface area (Å²) < 4.78 is 22.9. The van der Waals surface area contributed by atoms with Crippen LogP contribution in [0.5, 0.6) is 0 Å². The van der Waals surface area contributed by atoms with Crippen LogP contribution in [0.3, 0.4) is 0 Å². The highest BCUT2D eigenvalue weighted by Crippen LogP contribution is 2.19. The Morgan fingerprint density at radius 2 is 0.692 bits per heavy atom. The number of carboxylic acid groups (broad SMARTS) is 1. The second kappa shape index (κ2) is 60.9. The van der Waals surface area contributed by atoms with E-state index in [0.717, 1.165) is 51.4 Å². The van der Waals surface area contributed by atoms with Gasteiger partial charge in [0.2, 0.25) is 0 Å². The normalized spacial score (nSPS) is 12.8. The Kier molecular flexibility index (Phi) is 59.1. The van der Waals surface area contributed by atoms with Gasteiger partial charge < -0.3 is 28.5 Å². The molecule has 0 rings (SSSR count). The molecule has 1 N–H and O–H groups in total. The number of likely N-dealkylation sites (N-methyl/N-ethyl adjacent to an activating group) is 1. The minimum Gasteiger partial charge on any atom is -0.477 e. The highest BCUT2D eigenvalue weighted by Gasteiger charge is 2.25. The summed E-state index contributed by atoms with van der Waals surface area (Å²) in [7, 11) is 5.98. The van der Waals surface area contributed by atoms with Crippen LogP contribution in [0.2, 0.25) is 0 Å². The lowest BCUT2D eigenvalue weighted by Crippen LogP contribution is -2.40. The maximum atomic E-state index is 12.9. The van der Waals surface area contributed by atoms with Crippen molar-refractivity contribution in [3.05, 3.63) is 24.3 Å². The number of carbonyl (C=O) groups is 3. The maximum Gasteiger partial charge on any atom is 0.361 e. The molecule has 9 nitrogen and oxygen atoms in total. The minimum atomic E-state index is -1.51. The van der Waals surface area contributed by atoms with E-state index in [1.807, 2.05) is 21.1 Å². The minimum absolute atomic E-state index is 0.180. The van der Waals surface area contributed by atoms with Crippen molar-refractivity contribution >= 4 is 17.9 Å². The first-order chi connectivity index (χ1) is 38.1. The van der Waals surface area contributed by atoms with Gasteiger partial charge in [0.1, 0.15) is 13.2 Å². The molecule has 0 bridgehead atoms. The molecule has 0 saturated carbocycles. The first kappa shape index (κ1) is 75.8. The quantitative estimate of drug-likeness (QED) is 0.0211. The number of aliphatic carboxylic acids is 1. The predicted octanol–water partition coefficient (Wildman–Crippen LogP) is 20.6. The Hall–Kier alpha value is -2.23. The average Bonchev–Trinajstić information content (AvgIpc) is 3.41. The number of allylic oxidation sites excluding steroid dienone is 4. The molecule has 0 saturated heterocycles. The Morgan fingerprint density at radius 3 is 1.04 bits per heavy atom. The van der Waals surface area contributed by atoms with Crippen molar-refractivity contribution in [2.24, 2.45) is 0 Å². The largest absolute Gasteiger partial charge is 0.477 e. The summed E-state index contributed by atoms with van der Waals surface area (Å²) in [5.74, 6) is -1.99. The molecule has 0 heterocycles. The molecule has 0 aromatic carbocycles. The van der Waals surface area contributed by atoms with Crippen LogP contribution in [-0.4, -0.2) is 87.4 Å². The van der Waals surface area contributed by atoms with Gasteiger partial charge in [0.15, 0.2) is 6.10 Å². The monoisotopic (exact) mass is 1100 g/mol. The number of rotatable bonds is 64. The Balaban J connectivity index is 3.96. The Bertz CT molecular complexity index is 1330. The molecule has 0 aliphatic heterocycles. The van der Waals surface area contributed by atoms with Crippen molar-refractivity contribution < 1.29 is 42.9 Å². The van der Waals surface area contributed by atoms with Crippen LogP contribution in [0.15, 0.2) is 24.3 Å². The van der Waals surface area contributed by atoms with Crippen LogP contribution in [0.25, 0.3) is 0 Å². The van der Waals surface area contributed by atoms with Gasteiger partial charge in [-0.05, 0) is 44.9 Å². The third kappa shape index (κ3) is 61.4. The lowest BCUT2D eigenvalue weighted by atomic mass is 10.0. The van der Waals surface area contributed by atoms with E-state index < -0.39 is 24.3 Å². The van der Waals surface area contributed by atoms with Gasteiger partial charge in [0.05, 0.1) is 34.4 Å². The molecule has 2 unspecified atom stereocenters. The first-order valence-corrected chi connectivity index (χ1v) is 34.0. The molecule has 0 spiro atoms. The van der Waals surface area contributed by atoms with E-state index in [4.69, 9.17) is 18.9 Å². The summed E-state index contributed by atoms with van der Waals surface area (Å²) in [6.07, 6.45) is 71.7. The number of hydrogen-bond donors (Lipinski definition) is 1. The summed E-state index contributed by atoms with van der Waals surface area (Å²) in [4.78, 5) is 37.5. The Labute approximate surface area is 484 Å². The molecule has 0 aliphatic carbocycles. The molecule has 9 heteroatoms. The van der Waals surface area contributed by atoms with Gasteiger partial charge in [-0.2, -0.15) is 0 Å². The fraction of sp³-hybridized carbons (Fsp3) is 0.899. The third-order valence-electron chi connectivity index (χ3n) is 15.5. The molecule has 0 aliphatic rings. The van der Waals surface area contributed by atoms with Crippen molar-refractivity contribution in [2.45, 2.75) is 354 Å². The molecule has 0 aromatic rings. The first-order valence-electron chi connectivity index (χ1n) is 34.0. The molecular formula is C69H132NO8+. The number of carboxylic acids is 1. The molecule has 78 heavy (non-hydrogen) atoms. The second-order valence-electron chi connectivity index (χ2n) is 24.5. The smallest absolute Gasteiger partial charge is 0.361 e. The highest BCUT2D eigenvalue weighted by molar-refractivity contribution is 5.71. The molecule has 0 amide bonds. The molecule has 0 radical (unpaired) electrons. The topological polar surface area (TPSA) is 108 Å². The van der Waals surface area contributed by atoms with Crippen molar-refractivity contribution in [1.82, 2.24) is 0 Å². The summed E-state index contributed by atoms with van der Waals surface area (Å²) in [6.45, 7) is 4.90. The zero-order chi connectivity index (χ0) is 56.9. The third-order valence-corrected chi connectivity index (χ3v) is 15.5. The van der Waals surface area contributed by atoms with Crippen molar-refractivity contribution in [3.63, 3.8) is 0 Å². The van der Waals surface area contributed by atoms with Crippen LogP contribution in [0.4, 0.5) is 0 Å². The van der Waals surface area contributed by atoms with Crippen molar-refractivity contribution in [3.8, 4) is 0 Å². The zero-order valence-corrected chi connectivity index (χ0v) is 52.6. The molecule has 0 aromatic heterocycles. The van der Waals surface area contributed by atoms with E-state index in [1.54, 1.807) is 0 Å². The van der Waals surface area contributed by atoms with Crippen LogP contribution >= 0.6 is 0 Å². The standard InChI is InChI=1S/C69H131NO8/c1-6-8-10-12-14-16-18-20-22-24-25-26-27-28-29-30-31-32-33-34-35-36-37-38-39-40-41-42-44-45-47-49-51-53-55-57-59-66(71)76-63-65(64-77-69(68(73)74)75-62-61-70(3,4)5)78-67(72)60-58-56-54-52-50-48-46-43-23-21-19-17-15-13-11-9-7-2/h15,17,21,23,65,69H,6-14,16,18-20,22,24-64H2,1-5H3/p+1/b17-15-,23-21-. The van der Waals surface area contributed by atoms with Crippen molar-refractivity contribution in [1.29, 1.82) is 0 Å². The fourth-order valence-electron chi connectivity index (χ4n) is 10.2. The lowest BCUT2D eigenvalue weighted by molar-refractivity contribution is -0.870. The number of carbonyl (C=O) groups excluding carboxylic acids is 2. The SMILES string of the molecule is CCCCC/C=C\C/C=C\CCCCCCCCCC(=O)OC(COC(=O)CCCCCCCCCCCCCCCCCCCCCCCCCCCCCCCCCCCCCC)COC(OCC[N+](C)(C)C)C(=O)O. The summed E-state index contributed by atoms with van der Waals surface area (Å²) in [5.41, 5.74) is 0. The van der Waals surface area contributed by atoms with E-state index in [0.29, 0.717) is 23.9 Å². The number of ether oxygens (including phenoxy) is 4. The molecule has 460 valence electrons. The van der Waals surface area contributed by atoms with Gasteiger partial charge in [-0.15, -0.1) is 0 Å². The number of hydrogen-bond acceptors (Lipinski definition) is 7. The van der Waals surface area contributed by atoms with E-state index in [1.165, 1.54) is 257 Å². The lowest BCUT2D eigenvalue weighted by Gasteiger charge is -2.25. The summed E-state index contributed by atoms with van der Waals surface area (Å²) >= 11 is 0. The fourth-order valence-corrected chi connectivity index (χ4v) is 10.2. The molecular weight excluding hydrogens is 971 g/mol. The van der Waals surface area contributed by atoms with Gasteiger partial charge in [-0.3, -0.25) is 9.59 Å². The van der Waals surface area contributed by atoms with Gasteiger partial charge in [-0.1, -0.05) is 308 Å². The Morgan fingerprint density at radius 1 is 0.385 bits per heavy atom. The highest BCUT2D eigenvalue weighted by atomic mass is 16.7. The van der Waals surface area contributed by atoms with Crippen molar-refractivity contribution in [2.75, 3.05) is 47.5 Å². The number of nitrogens with zero attached hydrogens (tertiary/aromatic N) is 1. The average molecular weight is 1100 g/mol. The summed E-state index contributed by atoms with van der Waals surface area (Å²) in [5, 5.41) is 9.72. The van der Waals surface area contributed by atoms with Crippen LogP contribution < -0.4 is 0 Å². The molecule has 0 fully saturated rings. The zero-order valence-electron chi connectivity index (χ0n) is 52.6. The molecule has 2 atom stereocenters. The van der Waals surface area contributed by atoms with E-state index in [9.17, 15) is 19.5 Å². The van der Waals surface area contributed by atoms with Crippen LogP contribution in [-0.2, 0) is 33.3 Å². The van der Waals surface area contributed by atoms with E-state index in [-0.39, 0.29) is 32.2 Å². The number of quaternary nitrogens is 1. The van der Waals surface area contributed by atoms with Crippen LogP contribution in [0.1, 0.15) is 341 Å². The van der Waals surface area contributed by atoms with Gasteiger partial charge >= 0.3 is 17.9 Å². The van der Waals surface area contributed by atoms with Gasteiger partial charge in [-0.25, -0.2) is 4.79 Å². The summed E-state index contributed by atoms with van der Waals surface area (Å²) in [6, 6.07) is 0.